The Balaban J connectivity index is 1.54. The normalized spacial score (nSPS) is 17.1. The van der Waals surface area contributed by atoms with Gasteiger partial charge >= 0.3 is 0 Å². The van der Waals surface area contributed by atoms with Gasteiger partial charge in [0.15, 0.2) is 15.7 Å². The molecule has 0 bridgehead atoms. The van der Waals surface area contributed by atoms with E-state index < -0.39 is 23.1 Å². The number of hydrogen-bond acceptors (Lipinski definition) is 9. The van der Waals surface area contributed by atoms with Gasteiger partial charge in [0.1, 0.15) is 29.6 Å². The van der Waals surface area contributed by atoms with Crippen LogP contribution in [0.15, 0.2) is 59.6 Å². The number of hydrogen-bond donors (Lipinski definition) is 1. The molecule has 1 N–H and O–H groups in total. The molecule has 0 saturated carbocycles. The number of nitrogens with zero attached hydrogens (tertiary/aromatic N) is 2. The van der Waals surface area contributed by atoms with E-state index in [2.05, 4.69) is 10.4 Å². The molecule has 38 heavy (non-hydrogen) atoms. The second-order valence-electron chi connectivity index (χ2n) is 8.91. The van der Waals surface area contributed by atoms with Gasteiger partial charge in [-0.15, -0.1) is 0 Å². The minimum absolute atomic E-state index is 0.0829. The number of ether oxygens (including phenoxy) is 3. The number of aromatic nitrogens is 2. The zero-order valence-corrected chi connectivity index (χ0v) is 23.0. The summed E-state index contributed by atoms with van der Waals surface area (Å²) in [5.41, 5.74) is 0.259. The van der Waals surface area contributed by atoms with Crippen LogP contribution in [0.2, 0.25) is 0 Å². The number of sulfone groups is 1. The van der Waals surface area contributed by atoms with Crippen molar-refractivity contribution < 1.29 is 36.5 Å². The molecule has 2 atom stereocenters. The summed E-state index contributed by atoms with van der Waals surface area (Å²) < 4.78 is 60.0. The highest BCUT2D eigenvalue weighted by Crippen LogP contribution is 2.43. The average molecular weight is 564 g/mol. The molecule has 1 saturated heterocycles. The Bertz CT molecular complexity index is 1430. The van der Waals surface area contributed by atoms with E-state index in [0.717, 1.165) is 12.7 Å². The molecule has 4 rings (SSSR count). The predicted octanol–water partition coefficient (Wildman–Crippen LogP) is 4.40. The Hall–Kier alpha value is -3.18. The van der Waals surface area contributed by atoms with Crippen LogP contribution in [0, 0.1) is 0 Å². The van der Waals surface area contributed by atoms with Crippen LogP contribution in [0.3, 0.4) is 0 Å². The molecule has 0 radical (unpaired) electrons. The number of amides is 1. The first kappa shape index (κ1) is 27.8. The molecule has 1 aliphatic heterocycles. The molecular weight excluding hydrogens is 533 g/mol. The molecule has 1 aromatic heterocycles. The maximum atomic E-state index is 13.1. The van der Waals surface area contributed by atoms with Crippen molar-refractivity contribution in [2.45, 2.75) is 30.6 Å². The lowest BCUT2D eigenvalue weighted by Gasteiger charge is -2.15. The third-order valence-corrected chi connectivity index (χ3v) is 8.24. The largest absolute Gasteiger partial charge is 0.488 e. The Morgan fingerprint density at radius 1 is 1.16 bits per heavy atom. The van der Waals surface area contributed by atoms with Crippen molar-refractivity contribution in [1.82, 2.24) is 9.78 Å². The number of anilines is 1. The first-order valence-electron chi connectivity index (χ1n) is 11.9. The Kier molecular flexibility index (Phi) is 8.57. The fraction of sp³-hybridized carbons (Fsp3) is 0.360. The van der Waals surface area contributed by atoms with E-state index >= 15 is 0 Å². The molecule has 1 fully saturated rings. The van der Waals surface area contributed by atoms with Crippen molar-refractivity contribution in [1.29, 1.82) is 0 Å². The monoisotopic (exact) mass is 563 g/mol. The molecule has 2 heterocycles. The maximum Gasteiger partial charge on any atom is 0.257 e. The van der Waals surface area contributed by atoms with E-state index in [4.69, 9.17) is 18.7 Å². The summed E-state index contributed by atoms with van der Waals surface area (Å²) in [6.45, 7) is 4.67. The molecular formula is C25H30N3O8PS. The minimum Gasteiger partial charge on any atom is -0.488 e. The van der Waals surface area contributed by atoms with E-state index in [1.165, 1.54) is 35.6 Å². The summed E-state index contributed by atoms with van der Waals surface area (Å²) in [4.78, 5) is 13.3. The molecule has 1 amide bonds. The van der Waals surface area contributed by atoms with Crippen molar-refractivity contribution >= 4 is 28.9 Å². The zero-order valence-electron chi connectivity index (χ0n) is 21.3. The van der Waals surface area contributed by atoms with Crippen molar-refractivity contribution in [3.63, 3.8) is 0 Å². The van der Waals surface area contributed by atoms with E-state index in [1.807, 2.05) is 0 Å². The molecule has 11 nitrogen and oxygen atoms in total. The number of nitrogens with one attached hydrogen (secondary N) is 1. The van der Waals surface area contributed by atoms with Crippen molar-refractivity contribution in [3.05, 3.63) is 60.3 Å². The Morgan fingerprint density at radius 3 is 2.55 bits per heavy atom. The minimum atomic E-state index is -3.34. The highest BCUT2D eigenvalue weighted by Gasteiger charge is 2.20. The van der Waals surface area contributed by atoms with Crippen molar-refractivity contribution in [2.75, 3.05) is 38.1 Å². The predicted molar refractivity (Wildman–Crippen MR) is 141 cm³/mol. The lowest BCUT2D eigenvalue weighted by Crippen LogP contribution is -2.17. The summed E-state index contributed by atoms with van der Waals surface area (Å²) in [7, 11) is -6.20. The van der Waals surface area contributed by atoms with Crippen molar-refractivity contribution in [3.8, 4) is 17.2 Å². The SMILES string of the molecule is CCO[P@@](C)(=O)Cn1ccc(NC(=O)c2cc(Oc3ccc(S(C)(=O)=O)cc3)cc(OC3CCOC3)c2)n1. The maximum absolute atomic E-state index is 13.1. The number of carbonyl (C=O) groups is 1. The van der Waals surface area contributed by atoms with Gasteiger partial charge in [0.2, 0.25) is 7.37 Å². The summed E-state index contributed by atoms with van der Waals surface area (Å²) >= 11 is 0. The van der Waals surface area contributed by atoms with E-state index in [-0.39, 0.29) is 28.7 Å². The highest BCUT2D eigenvalue weighted by atomic mass is 32.2. The third-order valence-electron chi connectivity index (χ3n) is 5.51. The average Bonchev–Trinajstić information content (AvgIpc) is 3.50. The second kappa shape index (κ2) is 11.7. The van der Waals surface area contributed by atoms with Gasteiger partial charge in [-0.1, -0.05) is 0 Å². The fourth-order valence-corrected chi connectivity index (χ4v) is 5.73. The smallest absolute Gasteiger partial charge is 0.257 e. The summed E-state index contributed by atoms with van der Waals surface area (Å²) in [6, 6.07) is 12.4. The lowest BCUT2D eigenvalue weighted by molar-refractivity contribution is 0.102. The molecule has 3 aromatic rings. The van der Waals surface area contributed by atoms with Crippen LogP contribution in [0.1, 0.15) is 23.7 Å². The van der Waals surface area contributed by atoms with Crippen LogP contribution < -0.4 is 14.8 Å². The molecule has 1 unspecified atom stereocenters. The Labute approximate surface area is 221 Å². The van der Waals surface area contributed by atoms with Gasteiger partial charge < -0.3 is 24.1 Å². The summed E-state index contributed by atoms with van der Waals surface area (Å²) in [5.74, 6) is 0.964. The van der Waals surface area contributed by atoms with Crippen LogP contribution in [-0.4, -0.2) is 63.0 Å². The third kappa shape index (κ3) is 7.67. The molecule has 1 aliphatic rings. The molecule has 2 aromatic carbocycles. The first-order valence-corrected chi connectivity index (χ1v) is 16.1. The van der Waals surface area contributed by atoms with Gasteiger partial charge in [-0.3, -0.25) is 14.0 Å². The zero-order chi connectivity index (χ0) is 27.3. The highest BCUT2D eigenvalue weighted by molar-refractivity contribution is 7.90. The number of benzene rings is 2. The standard InChI is InChI=1S/C25H30N3O8PS/c1-4-34-37(2,30)17-28-11-9-24(27-28)26-25(29)18-13-21(15-22(14-18)36-20-10-12-33-16-20)35-19-5-7-23(8-6-19)38(3,31)32/h5-9,11,13-15,20H,4,10,12,16-17H2,1-3H3,(H,26,27,29)/t20?,37-/m1/s1. The van der Waals surface area contributed by atoms with Gasteiger partial charge in [-0.25, -0.2) is 8.42 Å². The van der Waals surface area contributed by atoms with Crippen LogP contribution in [0.5, 0.6) is 17.2 Å². The Morgan fingerprint density at radius 2 is 1.89 bits per heavy atom. The van der Waals surface area contributed by atoms with Crippen LogP contribution in [0.25, 0.3) is 0 Å². The van der Waals surface area contributed by atoms with E-state index in [9.17, 15) is 17.8 Å². The first-order chi connectivity index (χ1) is 18.0. The van der Waals surface area contributed by atoms with Gasteiger partial charge in [0, 0.05) is 43.2 Å². The summed E-state index contributed by atoms with van der Waals surface area (Å²) in [6.07, 6.45) is 3.39. The molecule has 13 heteroatoms. The van der Waals surface area contributed by atoms with Crippen LogP contribution in [-0.2, 0) is 29.9 Å². The van der Waals surface area contributed by atoms with Crippen LogP contribution in [0.4, 0.5) is 5.82 Å². The summed E-state index contributed by atoms with van der Waals surface area (Å²) in [5, 5.41) is 7.00. The van der Waals surface area contributed by atoms with Crippen LogP contribution >= 0.6 is 7.37 Å². The molecule has 0 aliphatic carbocycles. The lowest BCUT2D eigenvalue weighted by atomic mass is 10.1. The van der Waals surface area contributed by atoms with Crippen molar-refractivity contribution in [2.24, 2.45) is 0 Å². The van der Waals surface area contributed by atoms with Gasteiger partial charge in [0.05, 0.1) is 24.7 Å². The van der Waals surface area contributed by atoms with Gasteiger partial charge in [-0.05, 0) is 43.3 Å². The molecule has 204 valence electrons. The van der Waals surface area contributed by atoms with Gasteiger partial charge in [0.25, 0.3) is 5.91 Å². The fourth-order valence-electron chi connectivity index (χ4n) is 3.79. The quantitative estimate of drug-likeness (QED) is 0.337. The van der Waals surface area contributed by atoms with E-state index in [1.54, 1.807) is 37.4 Å². The number of rotatable bonds is 11. The van der Waals surface area contributed by atoms with E-state index in [0.29, 0.717) is 37.1 Å². The molecule has 0 spiro atoms. The second-order valence-corrected chi connectivity index (χ2v) is 13.5. The number of carbonyl (C=O) groups excluding carboxylic acids is 1. The van der Waals surface area contributed by atoms with Gasteiger partial charge in [-0.2, -0.15) is 5.10 Å². The topological polar surface area (TPSA) is 135 Å².